The highest BCUT2D eigenvalue weighted by Crippen LogP contribution is 2.27. The van der Waals surface area contributed by atoms with E-state index in [4.69, 9.17) is 0 Å². The molecule has 2 rings (SSSR count). The molecule has 1 aromatic carbocycles. The van der Waals surface area contributed by atoms with Crippen LogP contribution in [0.25, 0.3) is 0 Å². The third kappa shape index (κ3) is 4.48. The summed E-state index contributed by atoms with van der Waals surface area (Å²) in [4.78, 5) is 0. The molecule has 0 fully saturated rings. The zero-order valence-electron chi connectivity index (χ0n) is 12.0. The summed E-state index contributed by atoms with van der Waals surface area (Å²) in [7, 11) is 0. The molecule has 0 amide bonds. The van der Waals surface area contributed by atoms with Gasteiger partial charge < -0.3 is 10.4 Å². The second kappa shape index (κ2) is 6.88. The van der Waals surface area contributed by atoms with Crippen LogP contribution in [-0.4, -0.2) is 18.2 Å². The van der Waals surface area contributed by atoms with E-state index < -0.39 is 6.10 Å². The van der Waals surface area contributed by atoms with Crippen molar-refractivity contribution in [1.82, 2.24) is 5.32 Å². The summed E-state index contributed by atoms with van der Waals surface area (Å²) < 4.78 is 0. The third-order valence-electron chi connectivity index (χ3n) is 3.84. The molecule has 0 heterocycles. The van der Waals surface area contributed by atoms with Crippen molar-refractivity contribution in [2.45, 2.75) is 32.8 Å². The van der Waals surface area contributed by atoms with Crippen molar-refractivity contribution >= 4 is 0 Å². The molecule has 0 radical (unpaired) electrons. The molecule has 0 aliphatic heterocycles. The van der Waals surface area contributed by atoms with Crippen LogP contribution in [0, 0.1) is 11.8 Å². The van der Waals surface area contributed by atoms with E-state index in [2.05, 4.69) is 25.2 Å². The predicted octanol–water partition coefficient (Wildman–Crippen LogP) is 3.30. The minimum Gasteiger partial charge on any atom is -0.387 e. The van der Waals surface area contributed by atoms with Gasteiger partial charge in [-0.1, -0.05) is 48.9 Å². The largest absolute Gasteiger partial charge is 0.387 e. The number of aliphatic hydroxyl groups is 1. The number of hydrogen-bond donors (Lipinski definition) is 2. The van der Waals surface area contributed by atoms with E-state index in [1.807, 2.05) is 30.3 Å². The lowest BCUT2D eigenvalue weighted by Gasteiger charge is -2.26. The second-order valence-corrected chi connectivity index (χ2v) is 5.88. The molecule has 3 atom stereocenters. The minimum absolute atomic E-state index is 0.404. The van der Waals surface area contributed by atoms with E-state index >= 15 is 0 Å². The normalized spacial score (nSPS) is 24.9. The van der Waals surface area contributed by atoms with Crippen LogP contribution < -0.4 is 5.32 Å². The molecule has 1 aliphatic carbocycles. The standard InChI is InChI=1S/C17H25NO/c1-13-8-14(2)10-15(9-13)11-18-12-17(19)16-6-4-3-5-7-16/h3-8,13,15,17-19H,9-12H2,1-2H3. The van der Waals surface area contributed by atoms with Crippen LogP contribution >= 0.6 is 0 Å². The van der Waals surface area contributed by atoms with Gasteiger partial charge in [0, 0.05) is 6.54 Å². The van der Waals surface area contributed by atoms with Crippen molar-refractivity contribution in [2.24, 2.45) is 11.8 Å². The van der Waals surface area contributed by atoms with E-state index in [0.717, 1.165) is 12.1 Å². The first kappa shape index (κ1) is 14.3. The fourth-order valence-corrected chi connectivity index (χ4v) is 3.06. The summed E-state index contributed by atoms with van der Waals surface area (Å²) in [5.74, 6) is 1.41. The van der Waals surface area contributed by atoms with Gasteiger partial charge >= 0.3 is 0 Å². The summed E-state index contributed by atoms with van der Waals surface area (Å²) in [6.45, 7) is 6.15. The van der Waals surface area contributed by atoms with E-state index in [9.17, 15) is 5.11 Å². The second-order valence-electron chi connectivity index (χ2n) is 5.88. The highest BCUT2D eigenvalue weighted by atomic mass is 16.3. The Kier molecular flexibility index (Phi) is 5.17. The Morgan fingerprint density at radius 2 is 2.05 bits per heavy atom. The zero-order chi connectivity index (χ0) is 13.7. The molecule has 1 aliphatic rings. The Bertz CT molecular complexity index is 413. The number of hydrogen-bond acceptors (Lipinski definition) is 2. The number of nitrogens with one attached hydrogen (secondary N) is 1. The maximum Gasteiger partial charge on any atom is 0.0914 e. The van der Waals surface area contributed by atoms with Gasteiger partial charge in [-0.2, -0.15) is 0 Å². The van der Waals surface area contributed by atoms with Gasteiger partial charge in [-0.3, -0.25) is 0 Å². The molecule has 1 aromatic rings. The van der Waals surface area contributed by atoms with Crippen molar-refractivity contribution in [3.8, 4) is 0 Å². The molecule has 0 bridgehead atoms. The Morgan fingerprint density at radius 1 is 1.32 bits per heavy atom. The average molecular weight is 259 g/mol. The van der Waals surface area contributed by atoms with Crippen molar-refractivity contribution in [3.63, 3.8) is 0 Å². The van der Waals surface area contributed by atoms with Crippen LogP contribution in [0.3, 0.4) is 0 Å². The molecule has 0 aromatic heterocycles. The molecule has 2 nitrogen and oxygen atoms in total. The van der Waals surface area contributed by atoms with E-state index in [-0.39, 0.29) is 0 Å². The highest BCUT2D eigenvalue weighted by Gasteiger charge is 2.18. The molecule has 3 unspecified atom stereocenters. The van der Waals surface area contributed by atoms with Crippen LogP contribution in [-0.2, 0) is 0 Å². The lowest BCUT2D eigenvalue weighted by atomic mass is 9.84. The Hall–Kier alpha value is -1.12. The summed E-state index contributed by atoms with van der Waals surface area (Å²) >= 11 is 0. The Balaban J connectivity index is 1.74. The fourth-order valence-electron chi connectivity index (χ4n) is 3.06. The highest BCUT2D eigenvalue weighted by molar-refractivity contribution is 5.17. The molecular weight excluding hydrogens is 234 g/mol. The molecule has 0 saturated carbocycles. The van der Waals surface area contributed by atoms with E-state index in [0.29, 0.717) is 18.4 Å². The fraction of sp³-hybridized carbons (Fsp3) is 0.529. The quantitative estimate of drug-likeness (QED) is 0.795. The van der Waals surface area contributed by atoms with E-state index in [1.165, 1.54) is 18.4 Å². The van der Waals surface area contributed by atoms with E-state index in [1.54, 1.807) is 0 Å². The summed E-state index contributed by atoms with van der Waals surface area (Å²) in [5, 5.41) is 13.5. The van der Waals surface area contributed by atoms with Gasteiger partial charge in [-0.25, -0.2) is 0 Å². The van der Waals surface area contributed by atoms with Crippen LogP contribution in [0.15, 0.2) is 42.0 Å². The van der Waals surface area contributed by atoms with Crippen molar-refractivity contribution < 1.29 is 5.11 Å². The molecular formula is C17H25NO. The van der Waals surface area contributed by atoms with Gasteiger partial charge in [0.25, 0.3) is 0 Å². The number of rotatable bonds is 5. The van der Waals surface area contributed by atoms with Crippen LogP contribution in [0.5, 0.6) is 0 Å². The van der Waals surface area contributed by atoms with Crippen molar-refractivity contribution in [3.05, 3.63) is 47.5 Å². The molecule has 0 spiro atoms. The van der Waals surface area contributed by atoms with Gasteiger partial charge in [0.15, 0.2) is 0 Å². The molecule has 2 N–H and O–H groups in total. The number of aliphatic hydroxyl groups excluding tert-OH is 1. The first-order valence-electron chi connectivity index (χ1n) is 7.26. The SMILES string of the molecule is CC1=CC(C)CC(CNCC(O)c2ccccc2)C1. The van der Waals surface area contributed by atoms with Crippen LogP contribution in [0.2, 0.25) is 0 Å². The third-order valence-corrected chi connectivity index (χ3v) is 3.84. The zero-order valence-corrected chi connectivity index (χ0v) is 12.0. The van der Waals surface area contributed by atoms with Gasteiger partial charge in [0.05, 0.1) is 6.10 Å². The smallest absolute Gasteiger partial charge is 0.0914 e. The molecule has 0 saturated heterocycles. The van der Waals surface area contributed by atoms with Gasteiger partial charge in [0.1, 0.15) is 0 Å². The van der Waals surface area contributed by atoms with Crippen LogP contribution in [0.1, 0.15) is 38.4 Å². The molecule has 104 valence electrons. The lowest BCUT2D eigenvalue weighted by Crippen LogP contribution is -2.29. The monoisotopic (exact) mass is 259 g/mol. The summed E-state index contributed by atoms with van der Waals surface area (Å²) in [6, 6.07) is 9.86. The van der Waals surface area contributed by atoms with Gasteiger partial charge in [-0.15, -0.1) is 0 Å². The lowest BCUT2D eigenvalue weighted by molar-refractivity contribution is 0.171. The maximum absolute atomic E-state index is 10.1. The summed E-state index contributed by atoms with van der Waals surface area (Å²) in [5.41, 5.74) is 2.50. The number of benzene rings is 1. The molecule has 2 heteroatoms. The first-order valence-corrected chi connectivity index (χ1v) is 7.26. The van der Waals surface area contributed by atoms with Crippen molar-refractivity contribution in [2.75, 3.05) is 13.1 Å². The Labute approximate surface area is 116 Å². The first-order chi connectivity index (χ1) is 9.15. The van der Waals surface area contributed by atoms with Crippen LogP contribution in [0.4, 0.5) is 0 Å². The number of allylic oxidation sites excluding steroid dienone is 2. The summed E-state index contributed by atoms with van der Waals surface area (Å²) in [6.07, 6.45) is 4.43. The Morgan fingerprint density at radius 3 is 2.74 bits per heavy atom. The maximum atomic E-state index is 10.1. The predicted molar refractivity (Wildman–Crippen MR) is 79.9 cm³/mol. The average Bonchev–Trinajstić information content (AvgIpc) is 2.38. The van der Waals surface area contributed by atoms with Gasteiger partial charge in [0.2, 0.25) is 0 Å². The van der Waals surface area contributed by atoms with Crippen molar-refractivity contribution in [1.29, 1.82) is 0 Å². The minimum atomic E-state index is -0.404. The molecule has 19 heavy (non-hydrogen) atoms. The van der Waals surface area contributed by atoms with Gasteiger partial charge in [-0.05, 0) is 43.7 Å². The topological polar surface area (TPSA) is 32.3 Å².